The summed E-state index contributed by atoms with van der Waals surface area (Å²) in [5, 5.41) is 1.84. The molecule has 0 amide bonds. The lowest BCUT2D eigenvalue weighted by Crippen LogP contribution is -2.16. The Hall–Kier alpha value is -1.64. The van der Waals surface area contributed by atoms with Gasteiger partial charge in [0.25, 0.3) is 10.0 Å². The van der Waals surface area contributed by atoms with Crippen molar-refractivity contribution in [3.05, 3.63) is 39.7 Å². The van der Waals surface area contributed by atoms with Gasteiger partial charge in [0.1, 0.15) is 15.6 Å². The topological polar surface area (TPSA) is 85.4 Å². The summed E-state index contributed by atoms with van der Waals surface area (Å²) in [6, 6.07) is 4.21. The van der Waals surface area contributed by atoms with E-state index in [4.69, 9.17) is 11.6 Å². The predicted molar refractivity (Wildman–Crippen MR) is 75.7 cm³/mol. The van der Waals surface area contributed by atoms with Crippen LogP contribution in [0.2, 0.25) is 5.02 Å². The Morgan fingerprint density at radius 3 is 2.85 bits per heavy atom. The van der Waals surface area contributed by atoms with Crippen molar-refractivity contribution >= 4 is 44.7 Å². The van der Waals surface area contributed by atoms with E-state index >= 15 is 0 Å². The normalized spacial score (nSPS) is 11.1. The van der Waals surface area contributed by atoms with Crippen LogP contribution in [0.5, 0.6) is 0 Å². The van der Waals surface area contributed by atoms with E-state index < -0.39 is 16.0 Å². The molecule has 0 aliphatic carbocycles. The van der Waals surface area contributed by atoms with Crippen LogP contribution in [-0.4, -0.2) is 26.5 Å². The van der Waals surface area contributed by atoms with E-state index in [0.717, 1.165) is 11.3 Å². The number of rotatable bonds is 4. The zero-order valence-electron chi connectivity index (χ0n) is 10.2. The van der Waals surface area contributed by atoms with Crippen molar-refractivity contribution in [2.75, 3.05) is 11.8 Å². The van der Waals surface area contributed by atoms with Crippen LogP contribution in [-0.2, 0) is 14.8 Å². The van der Waals surface area contributed by atoms with Crippen molar-refractivity contribution in [1.29, 1.82) is 0 Å². The Morgan fingerprint density at radius 1 is 1.45 bits per heavy atom. The summed E-state index contributed by atoms with van der Waals surface area (Å²) in [6.45, 7) is 0. The van der Waals surface area contributed by atoms with Gasteiger partial charge in [-0.05, 0) is 17.5 Å². The fraction of sp³-hybridized carbons (Fsp3) is 0.0909. The van der Waals surface area contributed by atoms with Gasteiger partial charge in [-0.3, -0.25) is 4.72 Å². The molecule has 0 spiro atoms. The van der Waals surface area contributed by atoms with Crippen LogP contribution in [0.1, 0.15) is 9.67 Å². The Morgan fingerprint density at radius 2 is 2.20 bits per heavy atom. The summed E-state index contributed by atoms with van der Waals surface area (Å²) in [5.74, 6) is -0.640. The number of sulfonamides is 1. The largest absolute Gasteiger partial charge is 0.465 e. The first kappa shape index (κ1) is 14.8. The number of esters is 1. The number of aromatic nitrogens is 1. The van der Waals surface area contributed by atoms with E-state index in [-0.39, 0.29) is 15.6 Å². The number of methoxy groups -OCH3 is 1. The number of hydrogen-bond acceptors (Lipinski definition) is 6. The first-order valence-corrected chi connectivity index (χ1v) is 7.98. The zero-order chi connectivity index (χ0) is 14.8. The highest BCUT2D eigenvalue weighted by Crippen LogP contribution is 2.25. The molecule has 0 aliphatic heterocycles. The van der Waals surface area contributed by atoms with Crippen LogP contribution in [0, 0.1) is 0 Å². The Labute approximate surface area is 124 Å². The van der Waals surface area contributed by atoms with Gasteiger partial charge in [-0.25, -0.2) is 18.2 Å². The van der Waals surface area contributed by atoms with Crippen LogP contribution in [0.25, 0.3) is 0 Å². The van der Waals surface area contributed by atoms with Gasteiger partial charge in [-0.15, -0.1) is 11.3 Å². The number of nitrogens with zero attached hydrogens (tertiary/aromatic N) is 1. The summed E-state index contributed by atoms with van der Waals surface area (Å²) in [4.78, 5) is 15.2. The van der Waals surface area contributed by atoms with Crippen LogP contribution in [0.4, 0.5) is 5.82 Å². The summed E-state index contributed by atoms with van der Waals surface area (Å²) in [5.41, 5.74) is 0. The first-order chi connectivity index (χ1) is 9.44. The number of hydrogen-bond donors (Lipinski definition) is 1. The van der Waals surface area contributed by atoms with E-state index in [9.17, 15) is 13.2 Å². The van der Waals surface area contributed by atoms with Crippen molar-refractivity contribution in [3.63, 3.8) is 0 Å². The predicted octanol–water partition coefficient (Wildman–Crippen LogP) is 2.38. The second-order valence-corrected chi connectivity index (χ2v) is 6.57. The molecule has 2 aromatic heterocycles. The number of halogens is 1. The molecule has 2 aromatic rings. The number of pyridine rings is 1. The second-order valence-electron chi connectivity index (χ2n) is 3.57. The highest BCUT2D eigenvalue weighted by molar-refractivity contribution is 7.93. The molecule has 0 radical (unpaired) electrons. The summed E-state index contributed by atoms with van der Waals surface area (Å²) >= 11 is 6.74. The number of carbonyl (C=O) groups excluding carboxylic acids is 1. The number of carbonyl (C=O) groups is 1. The molecular weight excluding hydrogens is 324 g/mol. The Bertz CT molecular complexity index is 742. The minimum atomic E-state index is -3.93. The lowest BCUT2D eigenvalue weighted by atomic mass is 10.5. The second kappa shape index (κ2) is 5.78. The van der Waals surface area contributed by atoms with Crippen molar-refractivity contribution < 1.29 is 17.9 Å². The maximum absolute atomic E-state index is 12.2. The third-order valence-electron chi connectivity index (χ3n) is 2.25. The zero-order valence-corrected chi connectivity index (χ0v) is 12.6. The standard InChI is InChI=1S/C11H9ClN2O4S2/c1-18-11(15)10-8(3-5-19-10)20(16,17)14-9-6-7(12)2-4-13-9/h2-6H,1H3,(H,13,14). The molecule has 0 atom stereocenters. The first-order valence-electron chi connectivity index (χ1n) is 5.24. The SMILES string of the molecule is COC(=O)c1sccc1S(=O)(=O)Nc1cc(Cl)ccn1. The van der Waals surface area contributed by atoms with E-state index in [1.807, 2.05) is 0 Å². The van der Waals surface area contributed by atoms with Crippen LogP contribution < -0.4 is 4.72 Å². The van der Waals surface area contributed by atoms with Crippen molar-refractivity contribution in [2.45, 2.75) is 4.90 Å². The monoisotopic (exact) mass is 332 g/mol. The van der Waals surface area contributed by atoms with Gasteiger partial charge in [0.05, 0.1) is 7.11 Å². The van der Waals surface area contributed by atoms with Gasteiger partial charge in [0.2, 0.25) is 0 Å². The highest BCUT2D eigenvalue weighted by Gasteiger charge is 2.25. The summed E-state index contributed by atoms with van der Waals surface area (Å²) in [6.07, 6.45) is 1.37. The van der Waals surface area contributed by atoms with E-state index in [1.165, 1.54) is 36.9 Å². The molecule has 0 saturated heterocycles. The number of nitrogens with one attached hydrogen (secondary N) is 1. The summed E-state index contributed by atoms with van der Waals surface area (Å²) in [7, 11) is -2.75. The molecule has 20 heavy (non-hydrogen) atoms. The van der Waals surface area contributed by atoms with Crippen LogP contribution >= 0.6 is 22.9 Å². The van der Waals surface area contributed by atoms with Crippen LogP contribution in [0.15, 0.2) is 34.7 Å². The maximum atomic E-state index is 12.2. The molecule has 6 nitrogen and oxygen atoms in total. The molecule has 106 valence electrons. The van der Waals surface area contributed by atoms with Crippen LogP contribution in [0.3, 0.4) is 0 Å². The van der Waals surface area contributed by atoms with Gasteiger partial charge >= 0.3 is 5.97 Å². The van der Waals surface area contributed by atoms with Gasteiger partial charge < -0.3 is 4.74 Å². The molecule has 0 fully saturated rings. The molecule has 0 unspecified atom stereocenters. The molecule has 2 rings (SSSR count). The van der Waals surface area contributed by atoms with E-state index in [2.05, 4.69) is 14.4 Å². The van der Waals surface area contributed by atoms with Gasteiger partial charge in [-0.1, -0.05) is 11.6 Å². The van der Waals surface area contributed by atoms with E-state index in [1.54, 1.807) is 0 Å². The number of anilines is 1. The molecule has 0 aromatic carbocycles. The van der Waals surface area contributed by atoms with Crippen molar-refractivity contribution in [2.24, 2.45) is 0 Å². The fourth-order valence-electron chi connectivity index (χ4n) is 1.40. The van der Waals surface area contributed by atoms with Gasteiger partial charge in [-0.2, -0.15) is 0 Å². The molecular formula is C11H9ClN2O4S2. The number of thiophene rings is 1. The van der Waals surface area contributed by atoms with Gasteiger partial charge in [0.15, 0.2) is 0 Å². The average Bonchev–Trinajstić information content (AvgIpc) is 2.87. The molecule has 0 bridgehead atoms. The molecule has 0 saturated carbocycles. The Kier molecular flexibility index (Phi) is 4.26. The lowest BCUT2D eigenvalue weighted by Gasteiger charge is -2.07. The minimum absolute atomic E-state index is 0.00188. The Balaban J connectivity index is 2.36. The van der Waals surface area contributed by atoms with Gasteiger partial charge in [0, 0.05) is 17.3 Å². The maximum Gasteiger partial charge on any atom is 0.349 e. The molecule has 0 aliphatic rings. The third-order valence-corrected chi connectivity index (χ3v) is 4.91. The lowest BCUT2D eigenvalue weighted by molar-refractivity contribution is 0.0602. The third kappa shape index (κ3) is 3.09. The average molecular weight is 333 g/mol. The smallest absolute Gasteiger partial charge is 0.349 e. The number of ether oxygens (including phenoxy) is 1. The fourth-order valence-corrected chi connectivity index (χ4v) is 3.90. The molecule has 9 heteroatoms. The summed E-state index contributed by atoms with van der Waals surface area (Å²) < 4.78 is 31.2. The molecule has 2 heterocycles. The van der Waals surface area contributed by atoms with Crippen molar-refractivity contribution in [3.8, 4) is 0 Å². The minimum Gasteiger partial charge on any atom is -0.465 e. The van der Waals surface area contributed by atoms with Crippen molar-refractivity contribution in [1.82, 2.24) is 4.98 Å². The van der Waals surface area contributed by atoms with E-state index in [0.29, 0.717) is 5.02 Å². The molecule has 1 N–H and O–H groups in total. The highest BCUT2D eigenvalue weighted by atomic mass is 35.5. The quantitative estimate of drug-likeness (QED) is 0.869.